The van der Waals surface area contributed by atoms with Gasteiger partial charge in [-0.3, -0.25) is 4.90 Å². The summed E-state index contributed by atoms with van der Waals surface area (Å²) in [6, 6.07) is 1.26. The summed E-state index contributed by atoms with van der Waals surface area (Å²) in [4.78, 5) is 2.73. The predicted molar refractivity (Wildman–Crippen MR) is 85.1 cm³/mol. The van der Waals surface area contributed by atoms with E-state index in [0.717, 1.165) is 26.3 Å². The van der Waals surface area contributed by atoms with E-state index in [2.05, 4.69) is 44.8 Å². The first kappa shape index (κ1) is 16.3. The molecular weight excluding hydrogens is 248 g/mol. The highest BCUT2D eigenvalue weighted by Crippen LogP contribution is 2.40. The second-order valence-corrected chi connectivity index (χ2v) is 7.94. The number of ether oxygens (including phenoxy) is 1. The Labute approximate surface area is 125 Å². The number of morpholine rings is 1. The molecule has 2 atom stereocenters. The van der Waals surface area contributed by atoms with Gasteiger partial charge in [0.2, 0.25) is 0 Å². The first-order chi connectivity index (χ1) is 9.38. The van der Waals surface area contributed by atoms with Crippen LogP contribution in [-0.2, 0) is 4.74 Å². The van der Waals surface area contributed by atoms with Crippen molar-refractivity contribution >= 4 is 0 Å². The first-order valence-electron chi connectivity index (χ1n) is 8.46. The van der Waals surface area contributed by atoms with E-state index in [1.165, 1.54) is 25.7 Å². The molecule has 3 nitrogen and oxygen atoms in total. The van der Waals surface area contributed by atoms with Crippen LogP contribution in [0.15, 0.2) is 0 Å². The standard InChI is InChI=1S/C17H34N2O/c1-6-10-18-15-14(8-7-9-16(15,2)3)19-11-12-20-13-17(19,4)5/h14-15,18H,6-13H2,1-5H3. The van der Waals surface area contributed by atoms with Crippen LogP contribution in [0.1, 0.15) is 60.3 Å². The van der Waals surface area contributed by atoms with E-state index in [1.807, 2.05) is 0 Å². The smallest absolute Gasteiger partial charge is 0.0645 e. The average Bonchev–Trinajstić information content (AvgIpc) is 2.36. The highest BCUT2D eigenvalue weighted by Gasteiger charge is 2.45. The predicted octanol–water partition coefficient (Wildman–Crippen LogP) is 3.04. The molecule has 0 aromatic rings. The zero-order valence-corrected chi connectivity index (χ0v) is 14.2. The van der Waals surface area contributed by atoms with Crippen molar-refractivity contribution in [2.45, 2.75) is 77.9 Å². The highest BCUT2D eigenvalue weighted by atomic mass is 16.5. The Morgan fingerprint density at radius 2 is 2.00 bits per heavy atom. The number of hydrogen-bond acceptors (Lipinski definition) is 3. The van der Waals surface area contributed by atoms with Gasteiger partial charge in [-0.1, -0.05) is 27.2 Å². The summed E-state index contributed by atoms with van der Waals surface area (Å²) in [5.41, 5.74) is 0.564. The van der Waals surface area contributed by atoms with Gasteiger partial charge in [-0.05, 0) is 45.1 Å². The van der Waals surface area contributed by atoms with Crippen LogP contribution in [-0.4, -0.2) is 48.8 Å². The molecule has 0 bridgehead atoms. The summed E-state index contributed by atoms with van der Waals surface area (Å²) in [7, 11) is 0. The van der Waals surface area contributed by atoms with E-state index >= 15 is 0 Å². The molecule has 1 aliphatic heterocycles. The van der Waals surface area contributed by atoms with E-state index in [9.17, 15) is 0 Å². The molecule has 2 aliphatic rings. The van der Waals surface area contributed by atoms with Gasteiger partial charge < -0.3 is 10.1 Å². The van der Waals surface area contributed by atoms with Gasteiger partial charge in [0.1, 0.15) is 0 Å². The minimum atomic E-state index is 0.169. The summed E-state index contributed by atoms with van der Waals surface area (Å²) in [6.45, 7) is 15.8. The third kappa shape index (κ3) is 3.37. The third-order valence-corrected chi connectivity index (χ3v) is 5.27. The fourth-order valence-electron chi connectivity index (χ4n) is 4.14. The molecule has 0 amide bonds. The van der Waals surface area contributed by atoms with Gasteiger partial charge in [0.25, 0.3) is 0 Å². The highest BCUT2D eigenvalue weighted by molar-refractivity contribution is 5.02. The van der Waals surface area contributed by atoms with E-state index in [0.29, 0.717) is 17.5 Å². The number of nitrogens with zero attached hydrogens (tertiary/aromatic N) is 1. The first-order valence-corrected chi connectivity index (χ1v) is 8.46. The fraction of sp³-hybridized carbons (Fsp3) is 1.00. The van der Waals surface area contributed by atoms with Crippen LogP contribution in [0.5, 0.6) is 0 Å². The maximum Gasteiger partial charge on any atom is 0.0645 e. The lowest BCUT2D eigenvalue weighted by Crippen LogP contribution is -2.66. The van der Waals surface area contributed by atoms with Crippen LogP contribution in [0, 0.1) is 5.41 Å². The summed E-state index contributed by atoms with van der Waals surface area (Å²) >= 11 is 0. The molecule has 1 saturated carbocycles. The fourth-order valence-corrected chi connectivity index (χ4v) is 4.14. The molecule has 0 spiro atoms. The van der Waals surface area contributed by atoms with E-state index < -0.39 is 0 Å². The van der Waals surface area contributed by atoms with Crippen molar-refractivity contribution in [2.75, 3.05) is 26.3 Å². The van der Waals surface area contributed by atoms with Crippen LogP contribution >= 0.6 is 0 Å². The Morgan fingerprint density at radius 3 is 2.65 bits per heavy atom. The zero-order chi connectivity index (χ0) is 14.8. The molecule has 0 aromatic carbocycles. The van der Waals surface area contributed by atoms with Crippen molar-refractivity contribution < 1.29 is 4.74 Å². The normalized spacial score (nSPS) is 34.0. The van der Waals surface area contributed by atoms with Crippen LogP contribution in [0.25, 0.3) is 0 Å². The van der Waals surface area contributed by atoms with Crippen LogP contribution in [0.4, 0.5) is 0 Å². The van der Waals surface area contributed by atoms with Gasteiger partial charge in [0, 0.05) is 24.2 Å². The molecule has 0 aromatic heterocycles. The molecular formula is C17H34N2O. The average molecular weight is 282 g/mol. The van der Waals surface area contributed by atoms with Crippen molar-refractivity contribution in [3.63, 3.8) is 0 Å². The summed E-state index contributed by atoms with van der Waals surface area (Å²) in [5.74, 6) is 0. The molecule has 20 heavy (non-hydrogen) atoms. The maximum atomic E-state index is 5.71. The lowest BCUT2D eigenvalue weighted by Gasteiger charge is -2.54. The Balaban J connectivity index is 2.17. The SMILES string of the molecule is CCCNC1C(N2CCOCC2(C)C)CCCC1(C)C. The van der Waals surface area contributed by atoms with Gasteiger partial charge in [-0.2, -0.15) is 0 Å². The summed E-state index contributed by atoms with van der Waals surface area (Å²) in [5, 5.41) is 3.86. The van der Waals surface area contributed by atoms with Gasteiger partial charge in [-0.25, -0.2) is 0 Å². The topological polar surface area (TPSA) is 24.5 Å². The van der Waals surface area contributed by atoms with E-state index in [4.69, 9.17) is 4.74 Å². The van der Waals surface area contributed by atoms with E-state index in [1.54, 1.807) is 0 Å². The quantitative estimate of drug-likeness (QED) is 0.858. The van der Waals surface area contributed by atoms with Crippen LogP contribution < -0.4 is 5.32 Å². The monoisotopic (exact) mass is 282 g/mol. The number of rotatable bonds is 4. The second-order valence-electron chi connectivity index (χ2n) is 7.94. The summed E-state index contributed by atoms with van der Waals surface area (Å²) < 4.78 is 5.71. The molecule has 2 unspecified atom stereocenters. The lowest BCUT2D eigenvalue weighted by atomic mass is 9.69. The molecule has 118 valence electrons. The molecule has 2 fully saturated rings. The van der Waals surface area contributed by atoms with Crippen molar-refractivity contribution in [1.29, 1.82) is 0 Å². The van der Waals surface area contributed by atoms with E-state index in [-0.39, 0.29) is 5.54 Å². The largest absolute Gasteiger partial charge is 0.378 e. The molecule has 3 heteroatoms. The molecule has 1 aliphatic carbocycles. The van der Waals surface area contributed by atoms with Gasteiger partial charge in [0.05, 0.1) is 13.2 Å². The molecule has 1 N–H and O–H groups in total. The van der Waals surface area contributed by atoms with Crippen LogP contribution in [0.3, 0.4) is 0 Å². The molecule has 1 saturated heterocycles. The Morgan fingerprint density at radius 1 is 1.25 bits per heavy atom. The maximum absolute atomic E-state index is 5.71. The summed E-state index contributed by atoms with van der Waals surface area (Å²) in [6.07, 6.45) is 5.24. The van der Waals surface area contributed by atoms with Crippen molar-refractivity contribution in [2.24, 2.45) is 5.41 Å². The molecule has 0 radical (unpaired) electrons. The van der Waals surface area contributed by atoms with Gasteiger partial charge in [0.15, 0.2) is 0 Å². The Hall–Kier alpha value is -0.120. The minimum absolute atomic E-state index is 0.169. The van der Waals surface area contributed by atoms with Gasteiger partial charge >= 0.3 is 0 Å². The molecule has 2 rings (SSSR count). The van der Waals surface area contributed by atoms with Gasteiger partial charge in [-0.15, -0.1) is 0 Å². The van der Waals surface area contributed by atoms with Crippen LogP contribution in [0.2, 0.25) is 0 Å². The Kier molecular flexibility index (Phi) is 5.14. The molecule has 1 heterocycles. The third-order valence-electron chi connectivity index (χ3n) is 5.27. The number of nitrogens with one attached hydrogen (secondary N) is 1. The van der Waals surface area contributed by atoms with Crippen molar-refractivity contribution in [3.05, 3.63) is 0 Å². The minimum Gasteiger partial charge on any atom is -0.378 e. The lowest BCUT2D eigenvalue weighted by molar-refractivity contribution is -0.0963. The zero-order valence-electron chi connectivity index (χ0n) is 14.2. The second kappa shape index (κ2) is 6.33. The number of hydrogen-bond donors (Lipinski definition) is 1. The Bertz CT molecular complexity index is 314. The van der Waals surface area contributed by atoms with Crippen molar-refractivity contribution in [1.82, 2.24) is 10.2 Å². The van der Waals surface area contributed by atoms with Crippen molar-refractivity contribution in [3.8, 4) is 0 Å².